The van der Waals surface area contributed by atoms with Crippen molar-refractivity contribution >= 4 is 13.3 Å². The van der Waals surface area contributed by atoms with Gasteiger partial charge in [-0.1, -0.05) is 62.9 Å². The van der Waals surface area contributed by atoms with Crippen molar-refractivity contribution < 1.29 is 0 Å². The second kappa shape index (κ2) is 7.08. The lowest BCUT2D eigenvalue weighted by atomic mass is 10.0. The van der Waals surface area contributed by atoms with Gasteiger partial charge in [0.1, 0.15) is 0 Å². The summed E-state index contributed by atoms with van der Waals surface area (Å²) in [5, 5.41) is 5.24. The van der Waals surface area contributed by atoms with E-state index in [0.717, 1.165) is 13.1 Å². The first-order valence-electron chi connectivity index (χ1n) is 8.51. The summed E-state index contributed by atoms with van der Waals surface area (Å²) in [6.07, 6.45) is 2.46. The molecule has 1 fully saturated rings. The van der Waals surface area contributed by atoms with Crippen LogP contribution >= 0.6 is 0 Å². The lowest BCUT2D eigenvalue weighted by molar-refractivity contribution is 0.117. The van der Waals surface area contributed by atoms with E-state index >= 15 is 0 Å². The third-order valence-electron chi connectivity index (χ3n) is 4.78. The average molecular weight is 305 g/mol. The fraction of sp³-hybridized carbons (Fsp3) is 0.667. The van der Waals surface area contributed by atoms with E-state index in [2.05, 4.69) is 68.0 Å². The highest BCUT2D eigenvalue weighted by molar-refractivity contribution is 6.88. The maximum absolute atomic E-state index is 3.68. The lowest BCUT2D eigenvalue weighted by Gasteiger charge is -2.40. The molecule has 0 bridgehead atoms. The zero-order valence-corrected chi connectivity index (χ0v) is 15.4. The van der Waals surface area contributed by atoms with E-state index in [-0.39, 0.29) is 0 Å². The van der Waals surface area contributed by atoms with Crippen molar-refractivity contribution in [3.8, 4) is 0 Å². The highest BCUT2D eigenvalue weighted by Crippen LogP contribution is 2.16. The van der Waals surface area contributed by atoms with Gasteiger partial charge in [-0.25, -0.2) is 0 Å². The molecule has 2 nitrogen and oxygen atoms in total. The first-order chi connectivity index (χ1) is 9.94. The molecule has 1 aromatic rings. The van der Waals surface area contributed by atoms with E-state index in [0.29, 0.717) is 12.1 Å². The topological polar surface area (TPSA) is 15.3 Å². The van der Waals surface area contributed by atoms with E-state index in [1.54, 1.807) is 5.19 Å². The number of nitrogens with one attached hydrogen (secondary N) is 1. The van der Waals surface area contributed by atoms with Crippen molar-refractivity contribution in [2.45, 2.75) is 65.0 Å². The van der Waals surface area contributed by atoms with Crippen LogP contribution in [0.4, 0.5) is 0 Å². The van der Waals surface area contributed by atoms with Crippen LogP contribution in [0.3, 0.4) is 0 Å². The quantitative estimate of drug-likeness (QED) is 0.841. The molecular weight excluding hydrogens is 272 g/mol. The molecule has 1 N–H and O–H groups in total. The Morgan fingerprint density at radius 1 is 1.10 bits per heavy atom. The third-order valence-corrected chi connectivity index (χ3v) is 6.85. The highest BCUT2D eigenvalue weighted by Gasteiger charge is 2.25. The molecular formula is C18H32N2Si. The minimum absolute atomic E-state index is 0.661. The molecule has 0 saturated carbocycles. The Bertz CT molecular complexity index is 436. The SMILES string of the molecule is CCC1CN(Cc2ccc([Si](C)(C)C)cc2)C(CC)CN1. The van der Waals surface area contributed by atoms with Crippen LogP contribution in [0.5, 0.6) is 0 Å². The van der Waals surface area contributed by atoms with Gasteiger partial charge in [-0.15, -0.1) is 0 Å². The molecule has 2 atom stereocenters. The first kappa shape index (κ1) is 16.7. The van der Waals surface area contributed by atoms with Crippen molar-refractivity contribution in [1.82, 2.24) is 10.2 Å². The molecule has 2 unspecified atom stereocenters. The van der Waals surface area contributed by atoms with Crippen LogP contribution in [0.15, 0.2) is 24.3 Å². The van der Waals surface area contributed by atoms with Gasteiger partial charge in [0.2, 0.25) is 0 Å². The van der Waals surface area contributed by atoms with E-state index in [1.165, 1.54) is 24.9 Å². The number of hydrogen-bond acceptors (Lipinski definition) is 2. The Balaban J connectivity index is 2.05. The summed E-state index contributed by atoms with van der Waals surface area (Å²) in [5.74, 6) is 0. The molecule has 0 amide bonds. The number of hydrogen-bond donors (Lipinski definition) is 1. The van der Waals surface area contributed by atoms with Gasteiger partial charge >= 0.3 is 0 Å². The molecule has 1 aromatic carbocycles. The van der Waals surface area contributed by atoms with E-state index < -0.39 is 8.07 Å². The fourth-order valence-corrected chi connectivity index (χ4v) is 4.31. The summed E-state index contributed by atoms with van der Waals surface area (Å²) in [6, 6.07) is 10.8. The van der Waals surface area contributed by atoms with Crippen molar-refractivity contribution in [3.05, 3.63) is 29.8 Å². The molecule has 118 valence electrons. The minimum atomic E-state index is -1.17. The normalized spacial score (nSPS) is 24.2. The van der Waals surface area contributed by atoms with Crippen LogP contribution < -0.4 is 10.5 Å². The largest absolute Gasteiger partial charge is 0.311 e. The molecule has 1 heterocycles. The molecule has 3 heteroatoms. The molecule has 1 aliphatic heterocycles. The summed E-state index contributed by atoms with van der Waals surface area (Å²) in [4.78, 5) is 2.67. The third kappa shape index (κ3) is 4.41. The number of rotatable bonds is 5. The van der Waals surface area contributed by atoms with Gasteiger partial charge in [0.05, 0.1) is 8.07 Å². The Morgan fingerprint density at radius 2 is 1.76 bits per heavy atom. The Hall–Kier alpha value is -0.643. The van der Waals surface area contributed by atoms with Crippen LogP contribution in [-0.4, -0.2) is 38.1 Å². The van der Waals surface area contributed by atoms with Gasteiger partial charge in [-0.3, -0.25) is 4.90 Å². The van der Waals surface area contributed by atoms with Crippen molar-refractivity contribution in [1.29, 1.82) is 0 Å². The monoisotopic (exact) mass is 304 g/mol. The van der Waals surface area contributed by atoms with Gasteiger partial charge in [-0.05, 0) is 18.4 Å². The van der Waals surface area contributed by atoms with Gasteiger partial charge in [0, 0.05) is 31.7 Å². The van der Waals surface area contributed by atoms with Gasteiger partial charge in [0.15, 0.2) is 0 Å². The van der Waals surface area contributed by atoms with Crippen LogP contribution in [0.1, 0.15) is 32.3 Å². The summed E-state index contributed by atoms with van der Waals surface area (Å²) in [5.41, 5.74) is 1.47. The maximum atomic E-state index is 3.68. The van der Waals surface area contributed by atoms with E-state index in [4.69, 9.17) is 0 Å². The Morgan fingerprint density at radius 3 is 2.29 bits per heavy atom. The van der Waals surface area contributed by atoms with Crippen molar-refractivity contribution in [2.75, 3.05) is 13.1 Å². The van der Waals surface area contributed by atoms with Crippen LogP contribution in [0.25, 0.3) is 0 Å². The molecule has 1 saturated heterocycles. The standard InChI is InChI=1S/C18H32N2Si/c1-6-16-14-20(17(7-2)12-19-16)13-15-8-10-18(11-9-15)21(3,4)5/h8-11,16-17,19H,6-7,12-14H2,1-5H3. The molecule has 0 radical (unpaired) electrons. The Kier molecular flexibility index (Phi) is 5.64. The summed E-state index contributed by atoms with van der Waals surface area (Å²) >= 11 is 0. The summed E-state index contributed by atoms with van der Waals surface area (Å²) in [6.45, 7) is 15.3. The highest BCUT2D eigenvalue weighted by atomic mass is 28.3. The summed E-state index contributed by atoms with van der Waals surface area (Å²) < 4.78 is 0. The molecule has 2 rings (SSSR count). The maximum Gasteiger partial charge on any atom is 0.0775 e. The molecule has 0 aromatic heterocycles. The number of piperazine rings is 1. The van der Waals surface area contributed by atoms with Crippen molar-refractivity contribution in [3.63, 3.8) is 0 Å². The summed E-state index contributed by atoms with van der Waals surface area (Å²) in [7, 11) is -1.17. The number of benzene rings is 1. The minimum Gasteiger partial charge on any atom is -0.311 e. The number of nitrogens with zero attached hydrogens (tertiary/aromatic N) is 1. The smallest absolute Gasteiger partial charge is 0.0775 e. The molecule has 1 aliphatic rings. The van der Waals surface area contributed by atoms with Gasteiger partial charge in [-0.2, -0.15) is 0 Å². The van der Waals surface area contributed by atoms with Crippen LogP contribution in [0, 0.1) is 0 Å². The lowest BCUT2D eigenvalue weighted by Crippen LogP contribution is -2.55. The second-order valence-electron chi connectivity index (χ2n) is 7.45. The molecule has 0 spiro atoms. The molecule has 21 heavy (non-hydrogen) atoms. The van der Waals surface area contributed by atoms with Gasteiger partial charge in [0.25, 0.3) is 0 Å². The second-order valence-corrected chi connectivity index (χ2v) is 12.5. The predicted molar refractivity (Wildman–Crippen MR) is 96.0 cm³/mol. The van der Waals surface area contributed by atoms with E-state index in [1.807, 2.05) is 0 Å². The van der Waals surface area contributed by atoms with Gasteiger partial charge < -0.3 is 5.32 Å². The Labute approximate surface area is 131 Å². The first-order valence-corrected chi connectivity index (χ1v) is 12.0. The fourth-order valence-electron chi connectivity index (χ4n) is 3.14. The van der Waals surface area contributed by atoms with Crippen LogP contribution in [0.2, 0.25) is 19.6 Å². The van der Waals surface area contributed by atoms with E-state index in [9.17, 15) is 0 Å². The predicted octanol–water partition coefficient (Wildman–Crippen LogP) is 3.19. The zero-order valence-electron chi connectivity index (χ0n) is 14.4. The van der Waals surface area contributed by atoms with Crippen molar-refractivity contribution in [2.24, 2.45) is 0 Å². The van der Waals surface area contributed by atoms with Crippen LogP contribution in [-0.2, 0) is 6.54 Å². The molecule has 0 aliphatic carbocycles. The average Bonchev–Trinajstić information content (AvgIpc) is 2.46. The zero-order chi connectivity index (χ0) is 15.5.